The average Bonchev–Trinajstić information content (AvgIpc) is 1.99. The molecule has 0 bridgehead atoms. The molecule has 1 saturated heterocycles. The second-order valence-electron chi connectivity index (χ2n) is 3.37. The van der Waals surface area contributed by atoms with Crippen molar-refractivity contribution in [3.8, 4) is 0 Å². The third kappa shape index (κ3) is 1.95. The molecule has 1 heterocycles. The van der Waals surface area contributed by atoms with Crippen LogP contribution in [-0.4, -0.2) is 23.9 Å². The smallest absolute Gasteiger partial charge is 0.225 e. The molecule has 0 aromatic rings. The summed E-state index contributed by atoms with van der Waals surface area (Å²) in [4.78, 5) is 13.4. The Kier molecular flexibility index (Phi) is 2.92. The van der Waals surface area contributed by atoms with Gasteiger partial charge < -0.3 is 4.90 Å². The maximum atomic E-state index is 11.4. The third-order valence-corrected chi connectivity index (χ3v) is 2.29. The van der Waals surface area contributed by atoms with E-state index in [2.05, 4.69) is 6.92 Å². The molecule has 0 saturated carbocycles. The van der Waals surface area contributed by atoms with E-state index in [-0.39, 0.29) is 5.92 Å². The maximum Gasteiger partial charge on any atom is 0.225 e. The van der Waals surface area contributed by atoms with Gasteiger partial charge in [-0.3, -0.25) is 4.79 Å². The highest BCUT2D eigenvalue weighted by Crippen LogP contribution is 2.16. The van der Waals surface area contributed by atoms with E-state index in [9.17, 15) is 4.79 Å². The molecule has 2 heteroatoms. The molecule has 1 aliphatic rings. The molecule has 11 heavy (non-hydrogen) atoms. The number of carbonyl (C=O) groups is 1. The summed E-state index contributed by atoms with van der Waals surface area (Å²) in [6.45, 7) is 6.08. The average molecular weight is 155 g/mol. The molecule has 0 aromatic heterocycles. The summed E-state index contributed by atoms with van der Waals surface area (Å²) in [6.07, 6.45) is 3.35. The van der Waals surface area contributed by atoms with Gasteiger partial charge >= 0.3 is 0 Å². The van der Waals surface area contributed by atoms with Crippen molar-refractivity contribution in [3.05, 3.63) is 0 Å². The zero-order valence-electron chi connectivity index (χ0n) is 7.47. The SMILES string of the molecule is CCCN1CCCC(C)C1=O. The summed E-state index contributed by atoms with van der Waals surface area (Å²) in [5.74, 6) is 0.633. The van der Waals surface area contributed by atoms with Crippen LogP contribution < -0.4 is 0 Å². The summed E-state index contributed by atoms with van der Waals surface area (Å²) < 4.78 is 0. The number of hydrogen-bond donors (Lipinski definition) is 0. The molecule has 2 nitrogen and oxygen atoms in total. The Bertz CT molecular complexity index is 142. The van der Waals surface area contributed by atoms with Crippen LogP contribution in [-0.2, 0) is 4.79 Å². The van der Waals surface area contributed by atoms with Crippen LogP contribution in [0.4, 0.5) is 0 Å². The highest BCUT2D eigenvalue weighted by molar-refractivity contribution is 5.79. The fourth-order valence-electron chi connectivity index (χ4n) is 1.63. The Labute approximate surface area is 68.6 Å². The number of piperidine rings is 1. The van der Waals surface area contributed by atoms with Gasteiger partial charge in [0.2, 0.25) is 5.91 Å². The molecular weight excluding hydrogens is 138 g/mol. The first-order valence-corrected chi connectivity index (χ1v) is 4.54. The van der Waals surface area contributed by atoms with Crippen LogP contribution in [0.15, 0.2) is 0 Å². The first-order valence-electron chi connectivity index (χ1n) is 4.54. The van der Waals surface area contributed by atoms with E-state index in [4.69, 9.17) is 0 Å². The Morgan fingerprint density at radius 3 is 3.00 bits per heavy atom. The zero-order valence-corrected chi connectivity index (χ0v) is 7.47. The number of rotatable bonds is 2. The molecule has 1 rings (SSSR count). The lowest BCUT2D eigenvalue weighted by molar-refractivity contribution is -0.137. The van der Waals surface area contributed by atoms with E-state index in [1.54, 1.807) is 0 Å². The normalized spacial score (nSPS) is 25.8. The number of carbonyl (C=O) groups excluding carboxylic acids is 1. The van der Waals surface area contributed by atoms with E-state index in [0.717, 1.165) is 25.9 Å². The lowest BCUT2D eigenvalue weighted by Crippen LogP contribution is -2.40. The van der Waals surface area contributed by atoms with E-state index in [0.29, 0.717) is 5.91 Å². The molecule has 0 aromatic carbocycles. The van der Waals surface area contributed by atoms with Crippen LogP contribution in [0, 0.1) is 5.92 Å². The quantitative estimate of drug-likeness (QED) is 0.594. The highest BCUT2D eigenvalue weighted by Gasteiger charge is 2.23. The molecule has 0 N–H and O–H groups in total. The van der Waals surface area contributed by atoms with Crippen molar-refractivity contribution < 1.29 is 4.79 Å². The number of hydrogen-bond acceptors (Lipinski definition) is 1. The molecule has 0 radical (unpaired) electrons. The van der Waals surface area contributed by atoms with Gasteiger partial charge in [0.15, 0.2) is 0 Å². The van der Waals surface area contributed by atoms with Crippen molar-refractivity contribution in [3.63, 3.8) is 0 Å². The van der Waals surface area contributed by atoms with Crippen LogP contribution in [0.25, 0.3) is 0 Å². The second-order valence-corrected chi connectivity index (χ2v) is 3.37. The minimum atomic E-state index is 0.273. The molecule has 1 fully saturated rings. The third-order valence-electron chi connectivity index (χ3n) is 2.29. The van der Waals surface area contributed by atoms with Crippen LogP contribution in [0.2, 0.25) is 0 Å². The zero-order chi connectivity index (χ0) is 8.27. The number of nitrogens with zero attached hydrogens (tertiary/aromatic N) is 1. The predicted octanol–water partition coefficient (Wildman–Crippen LogP) is 1.65. The van der Waals surface area contributed by atoms with Crippen LogP contribution in [0.1, 0.15) is 33.1 Å². The molecule has 0 spiro atoms. The minimum absolute atomic E-state index is 0.273. The maximum absolute atomic E-state index is 11.4. The monoisotopic (exact) mass is 155 g/mol. The predicted molar refractivity (Wildman–Crippen MR) is 45.3 cm³/mol. The fourth-order valence-corrected chi connectivity index (χ4v) is 1.63. The van der Waals surface area contributed by atoms with Crippen molar-refractivity contribution in [1.82, 2.24) is 4.90 Å². The van der Waals surface area contributed by atoms with Gasteiger partial charge in [-0.25, -0.2) is 0 Å². The van der Waals surface area contributed by atoms with Crippen LogP contribution in [0.3, 0.4) is 0 Å². The van der Waals surface area contributed by atoms with Crippen LogP contribution >= 0.6 is 0 Å². The summed E-state index contributed by atoms with van der Waals surface area (Å²) >= 11 is 0. The topological polar surface area (TPSA) is 20.3 Å². The fraction of sp³-hybridized carbons (Fsp3) is 0.889. The van der Waals surface area contributed by atoms with Crippen LogP contribution in [0.5, 0.6) is 0 Å². The van der Waals surface area contributed by atoms with E-state index >= 15 is 0 Å². The minimum Gasteiger partial charge on any atom is -0.342 e. The molecule has 1 aliphatic heterocycles. The first-order chi connectivity index (χ1) is 5.25. The molecule has 1 amide bonds. The van der Waals surface area contributed by atoms with E-state index in [1.807, 2.05) is 11.8 Å². The van der Waals surface area contributed by atoms with Gasteiger partial charge in [0, 0.05) is 19.0 Å². The molecular formula is C9H17NO. The van der Waals surface area contributed by atoms with Crippen molar-refractivity contribution >= 4 is 5.91 Å². The summed E-state index contributed by atoms with van der Waals surface area (Å²) in [6, 6.07) is 0. The van der Waals surface area contributed by atoms with Crippen molar-refractivity contribution in [1.29, 1.82) is 0 Å². The number of likely N-dealkylation sites (tertiary alicyclic amines) is 1. The Hall–Kier alpha value is -0.530. The number of amides is 1. The van der Waals surface area contributed by atoms with Crippen molar-refractivity contribution in [2.75, 3.05) is 13.1 Å². The highest BCUT2D eigenvalue weighted by atomic mass is 16.2. The molecule has 64 valence electrons. The molecule has 1 atom stereocenters. The van der Waals surface area contributed by atoms with Gasteiger partial charge in [0.25, 0.3) is 0 Å². The second kappa shape index (κ2) is 3.74. The Morgan fingerprint density at radius 1 is 1.64 bits per heavy atom. The Morgan fingerprint density at radius 2 is 2.36 bits per heavy atom. The lowest BCUT2D eigenvalue weighted by Gasteiger charge is -2.30. The summed E-state index contributed by atoms with van der Waals surface area (Å²) in [7, 11) is 0. The summed E-state index contributed by atoms with van der Waals surface area (Å²) in [5.41, 5.74) is 0. The van der Waals surface area contributed by atoms with Gasteiger partial charge in [-0.1, -0.05) is 13.8 Å². The largest absolute Gasteiger partial charge is 0.342 e. The molecule has 0 aliphatic carbocycles. The molecule has 1 unspecified atom stereocenters. The van der Waals surface area contributed by atoms with Crippen molar-refractivity contribution in [2.45, 2.75) is 33.1 Å². The van der Waals surface area contributed by atoms with E-state index in [1.165, 1.54) is 6.42 Å². The van der Waals surface area contributed by atoms with Gasteiger partial charge in [-0.2, -0.15) is 0 Å². The Balaban J connectivity index is 2.44. The lowest BCUT2D eigenvalue weighted by atomic mass is 9.99. The van der Waals surface area contributed by atoms with Gasteiger partial charge in [-0.15, -0.1) is 0 Å². The summed E-state index contributed by atoms with van der Waals surface area (Å²) in [5, 5.41) is 0. The van der Waals surface area contributed by atoms with Gasteiger partial charge in [-0.05, 0) is 19.3 Å². The van der Waals surface area contributed by atoms with Gasteiger partial charge in [0.05, 0.1) is 0 Å². The first kappa shape index (κ1) is 8.57. The van der Waals surface area contributed by atoms with Gasteiger partial charge in [0.1, 0.15) is 0 Å². The standard InChI is InChI=1S/C9H17NO/c1-3-6-10-7-4-5-8(2)9(10)11/h8H,3-7H2,1-2H3. The van der Waals surface area contributed by atoms with Crippen molar-refractivity contribution in [2.24, 2.45) is 5.92 Å². The van der Waals surface area contributed by atoms with E-state index < -0.39 is 0 Å².